The number of benzene rings is 2. The van der Waals surface area contributed by atoms with Crippen molar-refractivity contribution in [2.75, 3.05) is 20.2 Å². The first kappa shape index (κ1) is 26.1. The molecule has 2 aliphatic rings. The number of carbonyl (C=O) groups is 2. The normalized spacial score (nSPS) is 20.3. The highest BCUT2D eigenvalue weighted by atomic mass is 16.6. The lowest BCUT2D eigenvalue weighted by Crippen LogP contribution is -2.41. The standard InChI is InChI=1S/C28H31N3O6/c1-18-24(27(32)36-3)26(21-11-7-12-22(15-21)31(34)35)25(19(2)29-18)28(33)37-23-13-8-14-30(17-23)16-20-9-5-4-6-10-20/h4-7,9-12,15,23,26,29H,8,13-14,16-17H2,1-3H3/t23-,26-/m0/s1. The lowest BCUT2D eigenvalue weighted by atomic mass is 9.80. The SMILES string of the molecule is COC(=O)C1=C(C)NC(C)=C(C(=O)O[C@H]2CCCN(Cc3ccccc3)C2)[C@H]1c1cccc([N+](=O)[O-])c1. The van der Waals surface area contributed by atoms with E-state index in [1.807, 2.05) is 18.2 Å². The maximum atomic E-state index is 13.7. The zero-order valence-corrected chi connectivity index (χ0v) is 21.2. The van der Waals surface area contributed by atoms with Gasteiger partial charge in [-0.25, -0.2) is 9.59 Å². The summed E-state index contributed by atoms with van der Waals surface area (Å²) in [4.78, 5) is 39.7. The largest absolute Gasteiger partial charge is 0.466 e. The molecule has 0 amide bonds. The third kappa shape index (κ3) is 5.89. The minimum absolute atomic E-state index is 0.132. The average molecular weight is 506 g/mol. The summed E-state index contributed by atoms with van der Waals surface area (Å²) in [6, 6.07) is 16.1. The first-order valence-electron chi connectivity index (χ1n) is 12.3. The van der Waals surface area contributed by atoms with Crippen LogP contribution >= 0.6 is 0 Å². The summed E-state index contributed by atoms with van der Waals surface area (Å²) >= 11 is 0. The number of ether oxygens (including phenoxy) is 2. The van der Waals surface area contributed by atoms with Gasteiger partial charge in [-0.2, -0.15) is 0 Å². The van der Waals surface area contributed by atoms with Crippen LogP contribution in [0.2, 0.25) is 0 Å². The van der Waals surface area contributed by atoms with Crippen molar-refractivity contribution < 1.29 is 24.0 Å². The second-order valence-electron chi connectivity index (χ2n) is 9.37. The van der Waals surface area contributed by atoms with Crippen molar-refractivity contribution in [3.05, 3.63) is 98.4 Å². The van der Waals surface area contributed by atoms with Gasteiger partial charge in [0.2, 0.25) is 0 Å². The number of rotatable bonds is 7. The minimum atomic E-state index is -0.870. The number of carbonyl (C=O) groups excluding carboxylic acids is 2. The van der Waals surface area contributed by atoms with E-state index in [4.69, 9.17) is 9.47 Å². The van der Waals surface area contributed by atoms with Crippen molar-refractivity contribution in [2.45, 2.75) is 45.3 Å². The highest BCUT2D eigenvalue weighted by molar-refractivity contribution is 6.00. The highest BCUT2D eigenvalue weighted by Gasteiger charge is 2.39. The summed E-state index contributed by atoms with van der Waals surface area (Å²) in [7, 11) is 1.26. The molecule has 1 saturated heterocycles. The summed E-state index contributed by atoms with van der Waals surface area (Å²) < 4.78 is 11.0. The van der Waals surface area contributed by atoms with Gasteiger partial charge >= 0.3 is 11.9 Å². The molecule has 4 rings (SSSR count). The van der Waals surface area contributed by atoms with E-state index in [-0.39, 0.29) is 22.9 Å². The number of non-ortho nitro benzene ring substituents is 1. The van der Waals surface area contributed by atoms with Crippen molar-refractivity contribution in [3.63, 3.8) is 0 Å². The van der Waals surface area contributed by atoms with Crippen molar-refractivity contribution in [1.29, 1.82) is 0 Å². The lowest BCUT2D eigenvalue weighted by Gasteiger charge is -2.34. The maximum absolute atomic E-state index is 13.7. The van der Waals surface area contributed by atoms with Gasteiger partial charge in [-0.1, -0.05) is 42.5 Å². The van der Waals surface area contributed by atoms with Crippen LogP contribution < -0.4 is 5.32 Å². The van der Waals surface area contributed by atoms with Crippen LogP contribution in [-0.2, 0) is 25.6 Å². The molecule has 2 aromatic carbocycles. The number of nitrogens with one attached hydrogen (secondary N) is 1. The average Bonchev–Trinajstić information content (AvgIpc) is 2.88. The summed E-state index contributed by atoms with van der Waals surface area (Å²) in [6.45, 7) is 5.73. The molecule has 0 spiro atoms. The van der Waals surface area contributed by atoms with Crippen LogP contribution in [0.15, 0.2) is 77.1 Å². The monoisotopic (exact) mass is 505 g/mol. The number of piperidine rings is 1. The molecular weight excluding hydrogens is 474 g/mol. The second-order valence-corrected chi connectivity index (χ2v) is 9.37. The molecule has 194 valence electrons. The number of esters is 2. The molecule has 2 heterocycles. The fraction of sp³-hybridized carbons (Fsp3) is 0.357. The number of hydrogen-bond acceptors (Lipinski definition) is 8. The first-order chi connectivity index (χ1) is 17.8. The molecule has 0 radical (unpaired) electrons. The number of methoxy groups -OCH3 is 1. The quantitative estimate of drug-likeness (QED) is 0.338. The predicted molar refractivity (Wildman–Crippen MR) is 137 cm³/mol. The van der Waals surface area contributed by atoms with E-state index in [9.17, 15) is 19.7 Å². The molecule has 0 saturated carbocycles. The number of dihydropyridines is 1. The van der Waals surface area contributed by atoms with Crippen molar-refractivity contribution in [2.24, 2.45) is 0 Å². The smallest absolute Gasteiger partial charge is 0.337 e. The number of likely N-dealkylation sites (tertiary alicyclic amines) is 1. The number of nitro groups is 1. The molecule has 9 nitrogen and oxygen atoms in total. The Bertz CT molecular complexity index is 1250. The van der Waals surface area contributed by atoms with E-state index in [0.717, 1.165) is 25.9 Å². The first-order valence-corrected chi connectivity index (χ1v) is 12.3. The molecule has 0 bridgehead atoms. The second kappa shape index (κ2) is 11.4. The van der Waals surface area contributed by atoms with E-state index in [1.54, 1.807) is 26.0 Å². The lowest BCUT2D eigenvalue weighted by molar-refractivity contribution is -0.384. The number of nitro benzene ring substituents is 1. The number of hydrogen-bond donors (Lipinski definition) is 1. The van der Waals surface area contributed by atoms with Gasteiger partial charge in [0, 0.05) is 36.6 Å². The molecule has 9 heteroatoms. The topological polar surface area (TPSA) is 111 Å². The van der Waals surface area contributed by atoms with Crippen LogP contribution in [0.25, 0.3) is 0 Å². The van der Waals surface area contributed by atoms with Crippen molar-refractivity contribution in [1.82, 2.24) is 10.2 Å². The Morgan fingerprint density at radius 2 is 1.76 bits per heavy atom. The van der Waals surface area contributed by atoms with Gasteiger partial charge in [0.05, 0.1) is 29.1 Å². The Labute approximate surface area is 215 Å². The van der Waals surface area contributed by atoms with Crippen LogP contribution in [-0.4, -0.2) is 48.1 Å². The van der Waals surface area contributed by atoms with Crippen LogP contribution in [0.3, 0.4) is 0 Å². The zero-order chi connectivity index (χ0) is 26.5. The van der Waals surface area contributed by atoms with E-state index >= 15 is 0 Å². The fourth-order valence-electron chi connectivity index (χ4n) is 5.11. The van der Waals surface area contributed by atoms with E-state index in [0.29, 0.717) is 23.5 Å². The summed E-state index contributed by atoms with van der Waals surface area (Å²) in [6.07, 6.45) is 1.31. The molecule has 2 atom stereocenters. The Hall–Kier alpha value is -3.98. The van der Waals surface area contributed by atoms with Gasteiger partial charge in [0.15, 0.2) is 0 Å². The Balaban J connectivity index is 1.61. The van der Waals surface area contributed by atoms with Crippen LogP contribution in [0.1, 0.15) is 43.7 Å². The van der Waals surface area contributed by atoms with E-state index in [1.165, 1.54) is 24.8 Å². The molecule has 1 fully saturated rings. The van der Waals surface area contributed by atoms with Gasteiger partial charge in [0.25, 0.3) is 5.69 Å². The third-order valence-electron chi connectivity index (χ3n) is 6.78. The number of allylic oxidation sites excluding steroid dienone is 2. The summed E-state index contributed by atoms with van der Waals surface area (Å²) in [5.74, 6) is -2.04. The van der Waals surface area contributed by atoms with Gasteiger partial charge in [-0.3, -0.25) is 15.0 Å². The Morgan fingerprint density at radius 1 is 1.05 bits per heavy atom. The Kier molecular flexibility index (Phi) is 8.03. The molecule has 1 N–H and O–H groups in total. The molecule has 37 heavy (non-hydrogen) atoms. The fourth-order valence-corrected chi connectivity index (χ4v) is 5.11. The maximum Gasteiger partial charge on any atom is 0.337 e. The molecule has 0 aliphatic carbocycles. The number of nitrogens with zero attached hydrogens (tertiary/aromatic N) is 2. The highest BCUT2D eigenvalue weighted by Crippen LogP contribution is 2.40. The minimum Gasteiger partial charge on any atom is -0.466 e. The molecule has 2 aliphatic heterocycles. The summed E-state index contributed by atoms with van der Waals surface area (Å²) in [5.41, 5.74) is 3.01. The summed E-state index contributed by atoms with van der Waals surface area (Å²) in [5, 5.41) is 14.6. The van der Waals surface area contributed by atoms with Crippen molar-refractivity contribution >= 4 is 17.6 Å². The van der Waals surface area contributed by atoms with Crippen LogP contribution in [0.5, 0.6) is 0 Å². The van der Waals surface area contributed by atoms with Gasteiger partial charge in [-0.05, 0) is 44.4 Å². The molecule has 0 aromatic heterocycles. The van der Waals surface area contributed by atoms with Gasteiger partial charge < -0.3 is 14.8 Å². The van der Waals surface area contributed by atoms with E-state index < -0.39 is 22.8 Å². The predicted octanol–water partition coefficient (Wildman–Crippen LogP) is 4.21. The van der Waals surface area contributed by atoms with E-state index in [2.05, 4.69) is 22.3 Å². The van der Waals surface area contributed by atoms with Gasteiger partial charge in [-0.15, -0.1) is 0 Å². The van der Waals surface area contributed by atoms with Crippen LogP contribution in [0.4, 0.5) is 5.69 Å². The molecular formula is C28H31N3O6. The zero-order valence-electron chi connectivity index (χ0n) is 21.2. The van der Waals surface area contributed by atoms with Gasteiger partial charge in [0.1, 0.15) is 6.10 Å². The molecule has 2 aromatic rings. The van der Waals surface area contributed by atoms with Crippen LogP contribution in [0, 0.1) is 10.1 Å². The molecule has 0 unspecified atom stereocenters. The third-order valence-corrected chi connectivity index (χ3v) is 6.78. The Morgan fingerprint density at radius 3 is 2.43 bits per heavy atom. The van der Waals surface area contributed by atoms with Crippen molar-refractivity contribution in [3.8, 4) is 0 Å².